The molecule has 0 radical (unpaired) electrons. The topological polar surface area (TPSA) is 66.0 Å². The van der Waals surface area contributed by atoms with Crippen molar-refractivity contribution in [2.24, 2.45) is 22.2 Å². The largest absolute Gasteiger partial charge is 0.377 e. The molecule has 2 saturated heterocycles. The molecule has 3 unspecified atom stereocenters. The fourth-order valence-corrected chi connectivity index (χ4v) is 4.85. The molecule has 0 bridgehead atoms. The number of ether oxygens (including phenoxy) is 1. The first-order valence-corrected chi connectivity index (χ1v) is 9.77. The van der Waals surface area contributed by atoms with Crippen LogP contribution in [0.1, 0.15) is 46.5 Å². The van der Waals surface area contributed by atoms with Gasteiger partial charge in [-0.3, -0.25) is 9.79 Å². The molecule has 1 saturated carbocycles. The molecule has 0 aromatic carbocycles. The van der Waals surface area contributed by atoms with Gasteiger partial charge in [0.25, 0.3) is 0 Å². The Bertz CT molecular complexity index is 512. The molecule has 2 aliphatic heterocycles. The third-order valence-electron chi connectivity index (χ3n) is 6.46. The SMILES string of the molecule is CN=C(NCC1CCN(C(C)=O)CC1)NC1C2CCCOC2C1(C)C. The van der Waals surface area contributed by atoms with Crippen molar-refractivity contribution in [3.63, 3.8) is 0 Å². The number of rotatable bonds is 3. The van der Waals surface area contributed by atoms with E-state index in [1.807, 2.05) is 11.9 Å². The summed E-state index contributed by atoms with van der Waals surface area (Å²) in [4.78, 5) is 17.8. The van der Waals surface area contributed by atoms with Crippen molar-refractivity contribution in [2.45, 2.75) is 58.6 Å². The van der Waals surface area contributed by atoms with Crippen molar-refractivity contribution < 1.29 is 9.53 Å². The molecule has 2 N–H and O–H groups in total. The number of hydrogen-bond donors (Lipinski definition) is 2. The molecule has 1 aliphatic carbocycles. The highest BCUT2D eigenvalue weighted by Crippen LogP contribution is 2.51. The molecule has 0 aromatic rings. The Kier molecular flexibility index (Phi) is 5.56. The molecule has 142 valence electrons. The van der Waals surface area contributed by atoms with E-state index in [9.17, 15) is 4.79 Å². The zero-order valence-electron chi connectivity index (χ0n) is 16.2. The van der Waals surface area contributed by atoms with Gasteiger partial charge in [-0.2, -0.15) is 0 Å². The standard InChI is InChI=1S/C19H34N4O2/c1-13(24)23-9-7-14(8-10-23)12-21-18(20-4)22-16-15-6-5-11-25-17(15)19(16,2)3/h14-17H,5-12H2,1-4H3,(H2,20,21,22). The van der Waals surface area contributed by atoms with Crippen LogP contribution in [0.3, 0.4) is 0 Å². The van der Waals surface area contributed by atoms with Crippen molar-refractivity contribution in [2.75, 3.05) is 33.3 Å². The van der Waals surface area contributed by atoms with Gasteiger partial charge in [0.1, 0.15) is 0 Å². The van der Waals surface area contributed by atoms with E-state index >= 15 is 0 Å². The van der Waals surface area contributed by atoms with Crippen molar-refractivity contribution in [1.29, 1.82) is 0 Å². The van der Waals surface area contributed by atoms with Gasteiger partial charge < -0.3 is 20.3 Å². The van der Waals surface area contributed by atoms with Crippen LogP contribution < -0.4 is 10.6 Å². The Balaban J connectivity index is 1.47. The fraction of sp³-hybridized carbons (Fsp3) is 0.895. The molecular weight excluding hydrogens is 316 g/mol. The summed E-state index contributed by atoms with van der Waals surface area (Å²) in [5.41, 5.74) is 0.148. The van der Waals surface area contributed by atoms with Crippen LogP contribution in [0, 0.1) is 17.3 Å². The number of likely N-dealkylation sites (tertiary alicyclic amines) is 1. The summed E-state index contributed by atoms with van der Waals surface area (Å²) >= 11 is 0. The van der Waals surface area contributed by atoms with Gasteiger partial charge in [-0.05, 0) is 31.6 Å². The van der Waals surface area contributed by atoms with Crippen LogP contribution in [0.15, 0.2) is 4.99 Å². The number of carbonyl (C=O) groups is 1. The first-order chi connectivity index (χ1) is 11.9. The Morgan fingerprint density at radius 2 is 2.00 bits per heavy atom. The third-order valence-corrected chi connectivity index (χ3v) is 6.46. The minimum Gasteiger partial charge on any atom is -0.377 e. The molecule has 0 aromatic heterocycles. The zero-order chi connectivity index (χ0) is 18.0. The van der Waals surface area contributed by atoms with Crippen LogP contribution >= 0.6 is 0 Å². The van der Waals surface area contributed by atoms with Gasteiger partial charge in [-0.25, -0.2) is 0 Å². The van der Waals surface area contributed by atoms with E-state index in [1.165, 1.54) is 6.42 Å². The van der Waals surface area contributed by atoms with Crippen LogP contribution in [0.2, 0.25) is 0 Å². The molecule has 6 nitrogen and oxygen atoms in total. The van der Waals surface area contributed by atoms with Crippen LogP contribution in [-0.4, -0.2) is 62.2 Å². The van der Waals surface area contributed by atoms with E-state index in [0.29, 0.717) is 24.0 Å². The zero-order valence-corrected chi connectivity index (χ0v) is 16.2. The summed E-state index contributed by atoms with van der Waals surface area (Å²) < 4.78 is 5.99. The van der Waals surface area contributed by atoms with Crippen molar-refractivity contribution in [3.05, 3.63) is 0 Å². The second kappa shape index (κ2) is 7.52. The summed E-state index contributed by atoms with van der Waals surface area (Å²) in [6.07, 6.45) is 4.92. The van der Waals surface area contributed by atoms with E-state index in [0.717, 1.165) is 51.5 Å². The third kappa shape index (κ3) is 3.78. The summed E-state index contributed by atoms with van der Waals surface area (Å²) in [7, 11) is 1.84. The van der Waals surface area contributed by atoms with Crippen LogP contribution in [0.4, 0.5) is 0 Å². The number of nitrogens with zero attached hydrogens (tertiary/aromatic N) is 2. The van der Waals surface area contributed by atoms with Crippen LogP contribution in [0.5, 0.6) is 0 Å². The summed E-state index contributed by atoms with van der Waals surface area (Å²) in [6.45, 7) is 9.83. The highest BCUT2D eigenvalue weighted by molar-refractivity contribution is 5.80. The molecular formula is C19H34N4O2. The second-order valence-corrected chi connectivity index (χ2v) is 8.44. The van der Waals surface area contributed by atoms with E-state index < -0.39 is 0 Å². The maximum atomic E-state index is 11.4. The number of amides is 1. The molecule has 0 spiro atoms. The molecule has 3 fully saturated rings. The Morgan fingerprint density at radius 1 is 1.28 bits per heavy atom. The normalized spacial score (nSPS) is 32.6. The van der Waals surface area contributed by atoms with Crippen molar-refractivity contribution >= 4 is 11.9 Å². The van der Waals surface area contributed by atoms with Gasteiger partial charge in [0.15, 0.2) is 5.96 Å². The minimum atomic E-state index is 0.148. The number of nitrogens with one attached hydrogen (secondary N) is 2. The minimum absolute atomic E-state index is 0.148. The van der Waals surface area contributed by atoms with Gasteiger partial charge in [-0.1, -0.05) is 13.8 Å². The average molecular weight is 351 g/mol. The predicted molar refractivity (Wildman–Crippen MR) is 99.5 cm³/mol. The first kappa shape index (κ1) is 18.5. The van der Waals surface area contributed by atoms with Gasteiger partial charge in [0.05, 0.1) is 6.10 Å². The smallest absolute Gasteiger partial charge is 0.219 e. The van der Waals surface area contributed by atoms with Crippen molar-refractivity contribution in [1.82, 2.24) is 15.5 Å². The number of guanidine groups is 1. The molecule has 1 amide bonds. The lowest BCUT2D eigenvalue weighted by molar-refractivity contribution is -0.188. The van der Waals surface area contributed by atoms with Crippen LogP contribution in [-0.2, 0) is 9.53 Å². The Morgan fingerprint density at radius 3 is 2.64 bits per heavy atom. The highest BCUT2D eigenvalue weighted by Gasteiger charge is 2.58. The lowest BCUT2D eigenvalue weighted by atomic mass is 9.55. The predicted octanol–water partition coefficient (Wildman–Crippen LogP) is 1.61. The van der Waals surface area contributed by atoms with Crippen molar-refractivity contribution in [3.8, 4) is 0 Å². The summed E-state index contributed by atoms with van der Waals surface area (Å²) in [5.74, 6) is 2.30. The number of fused-ring (bicyclic) bond motifs is 1. The highest BCUT2D eigenvalue weighted by atomic mass is 16.5. The molecule has 3 aliphatic rings. The number of carbonyl (C=O) groups excluding carboxylic acids is 1. The monoisotopic (exact) mass is 350 g/mol. The van der Waals surface area contributed by atoms with Gasteiger partial charge in [0.2, 0.25) is 5.91 Å². The molecule has 6 heteroatoms. The molecule has 3 atom stereocenters. The van der Waals surface area contributed by atoms with Crippen LogP contribution in [0.25, 0.3) is 0 Å². The number of hydrogen-bond acceptors (Lipinski definition) is 3. The average Bonchev–Trinajstić information content (AvgIpc) is 2.62. The molecule has 3 rings (SSSR count). The van der Waals surface area contributed by atoms with Gasteiger partial charge >= 0.3 is 0 Å². The van der Waals surface area contributed by atoms with E-state index in [1.54, 1.807) is 6.92 Å². The second-order valence-electron chi connectivity index (χ2n) is 8.44. The maximum Gasteiger partial charge on any atom is 0.219 e. The number of aliphatic imine (C=N–C) groups is 1. The van der Waals surface area contributed by atoms with Gasteiger partial charge in [-0.15, -0.1) is 0 Å². The van der Waals surface area contributed by atoms with Gasteiger partial charge in [0, 0.05) is 57.6 Å². The summed E-state index contributed by atoms with van der Waals surface area (Å²) in [5, 5.41) is 7.16. The molecule has 2 heterocycles. The van der Waals surface area contributed by atoms with E-state index in [-0.39, 0.29) is 11.3 Å². The Hall–Kier alpha value is -1.30. The maximum absolute atomic E-state index is 11.4. The lowest BCUT2D eigenvalue weighted by Crippen LogP contribution is -2.71. The summed E-state index contributed by atoms with van der Waals surface area (Å²) in [6, 6.07) is 0.420. The molecule has 25 heavy (non-hydrogen) atoms. The number of piperidine rings is 1. The Labute approximate surface area is 151 Å². The van der Waals surface area contributed by atoms with E-state index in [2.05, 4.69) is 29.5 Å². The fourth-order valence-electron chi connectivity index (χ4n) is 4.85. The quantitative estimate of drug-likeness (QED) is 0.600. The first-order valence-electron chi connectivity index (χ1n) is 9.77. The van der Waals surface area contributed by atoms with E-state index in [4.69, 9.17) is 4.74 Å². The lowest BCUT2D eigenvalue weighted by Gasteiger charge is -2.60.